The summed E-state index contributed by atoms with van der Waals surface area (Å²) in [5.74, 6) is 0.118. The predicted molar refractivity (Wildman–Crippen MR) is 46.7 cm³/mol. The maximum absolute atomic E-state index is 11.1. The first-order valence-electron chi connectivity index (χ1n) is 4.42. The Hall–Kier alpha value is -0.660. The Morgan fingerprint density at radius 1 is 1.42 bits per heavy atom. The SMILES string of the molecule is CC(=O)[C@H]1CC(C)(C)C[C@H]1C=O. The summed E-state index contributed by atoms with van der Waals surface area (Å²) >= 11 is 0. The topological polar surface area (TPSA) is 34.1 Å². The smallest absolute Gasteiger partial charge is 0.133 e. The first kappa shape index (κ1) is 9.43. The third kappa shape index (κ3) is 1.74. The monoisotopic (exact) mass is 168 g/mol. The molecule has 1 fully saturated rings. The zero-order valence-electron chi connectivity index (χ0n) is 7.96. The minimum atomic E-state index is -0.0301. The fraction of sp³-hybridized carbons (Fsp3) is 0.800. The van der Waals surface area contributed by atoms with Crippen molar-refractivity contribution in [2.45, 2.75) is 33.6 Å². The molecule has 0 aliphatic heterocycles. The Balaban J connectivity index is 2.76. The van der Waals surface area contributed by atoms with Crippen LogP contribution in [0, 0.1) is 17.3 Å². The second-order valence-corrected chi connectivity index (χ2v) is 4.59. The van der Waals surface area contributed by atoms with Gasteiger partial charge in [0.15, 0.2) is 0 Å². The number of Topliss-reactive ketones (excluding diaryl/α,β-unsaturated/α-hetero) is 1. The van der Waals surface area contributed by atoms with Crippen molar-refractivity contribution in [1.82, 2.24) is 0 Å². The molecule has 0 unspecified atom stereocenters. The average Bonchev–Trinajstić information content (AvgIpc) is 2.25. The van der Waals surface area contributed by atoms with Gasteiger partial charge in [-0.2, -0.15) is 0 Å². The summed E-state index contributed by atoms with van der Waals surface area (Å²) in [4.78, 5) is 21.8. The second kappa shape index (κ2) is 3.00. The third-order valence-electron chi connectivity index (χ3n) is 2.77. The number of hydrogen-bond acceptors (Lipinski definition) is 2. The molecule has 0 radical (unpaired) electrons. The van der Waals surface area contributed by atoms with Crippen LogP contribution in [0.25, 0.3) is 0 Å². The van der Waals surface area contributed by atoms with E-state index in [1.807, 2.05) is 0 Å². The van der Waals surface area contributed by atoms with Crippen molar-refractivity contribution in [3.63, 3.8) is 0 Å². The van der Waals surface area contributed by atoms with Crippen LogP contribution in [0.15, 0.2) is 0 Å². The highest BCUT2D eigenvalue weighted by atomic mass is 16.1. The molecule has 0 amide bonds. The van der Waals surface area contributed by atoms with Crippen LogP contribution in [0.4, 0.5) is 0 Å². The van der Waals surface area contributed by atoms with Gasteiger partial charge in [0.1, 0.15) is 12.1 Å². The Bertz CT molecular complexity index is 206. The van der Waals surface area contributed by atoms with Gasteiger partial charge >= 0.3 is 0 Å². The minimum absolute atomic E-state index is 0.0162. The van der Waals surface area contributed by atoms with Gasteiger partial charge in [-0.3, -0.25) is 4.79 Å². The van der Waals surface area contributed by atoms with Crippen LogP contribution in [0.3, 0.4) is 0 Å². The molecule has 68 valence electrons. The van der Waals surface area contributed by atoms with Gasteiger partial charge in [-0.1, -0.05) is 13.8 Å². The highest BCUT2D eigenvalue weighted by molar-refractivity contribution is 5.82. The van der Waals surface area contributed by atoms with E-state index in [4.69, 9.17) is 0 Å². The third-order valence-corrected chi connectivity index (χ3v) is 2.77. The van der Waals surface area contributed by atoms with Gasteiger partial charge in [-0.05, 0) is 25.2 Å². The van der Waals surface area contributed by atoms with Crippen LogP contribution in [-0.4, -0.2) is 12.1 Å². The van der Waals surface area contributed by atoms with E-state index < -0.39 is 0 Å². The van der Waals surface area contributed by atoms with Crippen molar-refractivity contribution in [2.75, 3.05) is 0 Å². The summed E-state index contributed by atoms with van der Waals surface area (Å²) in [7, 11) is 0. The number of hydrogen-bond donors (Lipinski definition) is 0. The van der Waals surface area contributed by atoms with E-state index in [0.717, 1.165) is 19.1 Å². The first-order chi connectivity index (χ1) is 5.46. The van der Waals surface area contributed by atoms with E-state index in [2.05, 4.69) is 13.8 Å². The van der Waals surface area contributed by atoms with E-state index >= 15 is 0 Å². The van der Waals surface area contributed by atoms with Gasteiger partial charge in [-0.25, -0.2) is 0 Å². The Morgan fingerprint density at radius 3 is 2.33 bits per heavy atom. The number of aldehydes is 1. The maximum Gasteiger partial charge on any atom is 0.133 e. The van der Waals surface area contributed by atoms with Gasteiger partial charge in [0.05, 0.1) is 0 Å². The molecule has 0 bridgehead atoms. The standard InChI is InChI=1S/C10H16O2/c1-7(12)9-5-10(2,3)4-8(9)6-11/h6,8-9H,4-5H2,1-3H3/t8-,9+/m0/s1. The molecule has 0 saturated heterocycles. The number of ketones is 1. The minimum Gasteiger partial charge on any atom is -0.303 e. The fourth-order valence-corrected chi connectivity index (χ4v) is 2.20. The molecule has 2 nitrogen and oxygen atoms in total. The quantitative estimate of drug-likeness (QED) is 0.589. The Morgan fingerprint density at radius 2 is 2.00 bits per heavy atom. The fourth-order valence-electron chi connectivity index (χ4n) is 2.20. The van der Waals surface area contributed by atoms with E-state index in [0.29, 0.717) is 0 Å². The molecule has 2 heteroatoms. The number of carbonyl (C=O) groups is 2. The van der Waals surface area contributed by atoms with Crippen LogP contribution in [0.5, 0.6) is 0 Å². The molecular formula is C10H16O2. The molecule has 0 aromatic heterocycles. The van der Waals surface area contributed by atoms with Crippen molar-refractivity contribution >= 4 is 12.1 Å². The molecule has 12 heavy (non-hydrogen) atoms. The van der Waals surface area contributed by atoms with E-state index in [1.165, 1.54) is 0 Å². The summed E-state index contributed by atoms with van der Waals surface area (Å²) < 4.78 is 0. The highest BCUT2D eigenvalue weighted by Crippen LogP contribution is 2.44. The summed E-state index contributed by atoms with van der Waals surface area (Å²) in [6.07, 6.45) is 2.67. The van der Waals surface area contributed by atoms with Crippen LogP contribution in [0.2, 0.25) is 0 Å². The largest absolute Gasteiger partial charge is 0.303 e. The molecule has 1 aliphatic carbocycles. The van der Waals surface area contributed by atoms with Crippen LogP contribution < -0.4 is 0 Å². The molecule has 2 atom stereocenters. The van der Waals surface area contributed by atoms with Crippen molar-refractivity contribution in [3.8, 4) is 0 Å². The molecule has 0 spiro atoms. The zero-order chi connectivity index (χ0) is 9.35. The normalized spacial score (nSPS) is 33.2. The van der Waals surface area contributed by atoms with Gasteiger partial charge in [0, 0.05) is 11.8 Å². The lowest BCUT2D eigenvalue weighted by Gasteiger charge is -2.15. The summed E-state index contributed by atoms with van der Waals surface area (Å²) in [6, 6.07) is 0. The molecule has 1 saturated carbocycles. The zero-order valence-corrected chi connectivity index (χ0v) is 7.96. The van der Waals surface area contributed by atoms with Gasteiger partial charge < -0.3 is 4.79 Å². The number of rotatable bonds is 2. The van der Waals surface area contributed by atoms with Crippen LogP contribution in [-0.2, 0) is 9.59 Å². The van der Waals surface area contributed by atoms with Crippen molar-refractivity contribution < 1.29 is 9.59 Å². The molecule has 0 aromatic rings. The summed E-state index contributed by atoms with van der Waals surface area (Å²) in [6.45, 7) is 5.82. The molecular weight excluding hydrogens is 152 g/mol. The molecule has 0 N–H and O–H groups in total. The predicted octanol–water partition coefficient (Wildman–Crippen LogP) is 1.83. The van der Waals surface area contributed by atoms with E-state index in [-0.39, 0.29) is 23.0 Å². The lowest BCUT2D eigenvalue weighted by atomic mass is 9.90. The second-order valence-electron chi connectivity index (χ2n) is 4.59. The maximum atomic E-state index is 11.1. The van der Waals surface area contributed by atoms with Crippen molar-refractivity contribution in [2.24, 2.45) is 17.3 Å². The van der Waals surface area contributed by atoms with Gasteiger partial charge in [-0.15, -0.1) is 0 Å². The van der Waals surface area contributed by atoms with Crippen molar-refractivity contribution in [3.05, 3.63) is 0 Å². The van der Waals surface area contributed by atoms with Crippen LogP contribution >= 0.6 is 0 Å². The molecule has 1 aliphatic rings. The van der Waals surface area contributed by atoms with Gasteiger partial charge in [0.25, 0.3) is 0 Å². The van der Waals surface area contributed by atoms with E-state index in [1.54, 1.807) is 6.92 Å². The van der Waals surface area contributed by atoms with Gasteiger partial charge in [0.2, 0.25) is 0 Å². The molecule has 0 aromatic carbocycles. The Labute approximate surface area is 73.3 Å². The number of carbonyl (C=O) groups excluding carboxylic acids is 2. The lowest BCUT2D eigenvalue weighted by molar-refractivity contribution is -0.125. The molecule has 1 rings (SSSR count). The average molecular weight is 168 g/mol. The lowest BCUT2D eigenvalue weighted by Crippen LogP contribution is -2.16. The summed E-state index contributed by atoms with van der Waals surface area (Å²) in [5, 5.41) is 0. The Kier molecular flexibility index (Phi) is 2.36. The van der Waals surface area contributed by atoms with Crippen molar-refractivity contribution in [1.29, 1.82) is 0 Å². The highest BCUT2D eigenvalue weighted by Gasteiger charge is 2.40. The summed E-state index contributed by atoms with van der Waals surface area (Å²) in [5.41, 5.74) is 0.169. The first-order valence-corrected chi connectivity index (χ1v) is 4.42. The van der Waals surface area contributed by atoms with E-state index in [9.17, 15) is 9.59 Å². The molecule has 0 heterocycles. The van der Waals surface area contributed by atoms with Crippen LogP contribution in [0.1, 0.15) is 33.6 Å².